The van der Waals surface area contributed by atoms with Crippen LogP contribution >= 0.6 is 0 Å². The molecule has 7 heteroatoms. The third-order valence-corrected chi connectivity index (χ3v) is 6.69. The molecule has 0 radical (unpaired) electrons. The molecule has 0 atom stereocenters. The molecule has 1 aliphatic heterocycles. The Bertz CT molecular complexity index is 848. The van der Waals surface area contributed by atoms with Crippen LogP contribution in [0.3, 0.4) is 0 Å². The highest BCUT2D eigenvalue weighted by Crippen LogP contribution is 2.16. The Labute approximate surface area is 160 Å². The second kappa shape index (κ2) is 8.82. The van der Waals surface area contributed by atoms with Crippen molar-refractivity contribution < 1.29 is 17.5 Å². The van der Waals surface area contributed by atoms with Gasteiger partial charge in [0.2, 0.25) is 10.0 Å². The summed E-state index contributed by atoms with van der Waals surface area (Å²) in [4.78, 5) is 2.28. The molecule has 1 heterocycles. The summed E-state index contributed by atoms with van der Waals surface area (Å²) in [5.74, 6) is 0.405. The highest BCUT2D eigenvalue weighted by atomic mass is 32.2. The van der Waals surface area contributed by atoms with Gasteiger partial charge in [-0.15, -0.1) is 0 Å². The lowest BCUT2D eigenvalue weighted by Gasteiger charge is -2.34. The summed E-state index contributed by atoms with van der Waals surface area (Å²) in [5, 5.41) is 0. The molecule has 146 valence electrons. The first-order chi connectivity index (χ1) is 13.0. The molecule has 0 unspecified atom stereocenters. The van der Waals surface area contributed by atoms with Gasteiger partial charge in [-0.25, -0.2) is 12.8 Å². The van der Waals surface area contributed by atoms with Crippen LogP contribution in [0.4, 0.5) is 4.39 Å². The van der Waals surface area contributed by atoms with E-state index in [1.807, 2.05) is 18.2 Å². The monoisotopic (exact) mass is 392 g/mol. The number of ether oxygens (including phenoxy) is 1. The number of methoxy groups -OCH3 is 1. The van der Waals surface area contributed by atoms with Crippen molar-refractivity contribution in [3.63, 3.8) is 0 Å². The highest BCUT2D eigenvalue weighted by molar-refractivity contribution is 7.88. The maximum Gasteiger partial charge on any atom is 0.218 e. The van der Waals surface area contributed by atoms with Gasteiger partial charge >= 0.3 is 0 Å². The van der Waals surface area contributed by atoms with Crippen molar-refractivity contribution in [3.05, 3.63) is 65.5 Å². The lowest BCUT2D eigenvalue weighted by atomic mass is 10.1. The Morgan fingerprint density at radius 3 is 2.37 bits per heavy atom. The van der Waals surface area contributed by atoms with Crippen molar-refractivity contribution in [1.82, 2.24) is 9.21 Å². The number of piperazine rings is 1. The Balaban J connectivity index is 1.49. The van der Waals surface area contributed by atoms with Crippen molar-refractivity contribution in [1.29, 1.82) is 0 Å². The number of rotatable bonds is 7. The van der Waals surface area contributed by atoms with Gasteiger partial charge in [0.15, 0.2) is 0 Å². The molecule has 0 spiro atoms. The van der Waals surface area contributed by atoms with E-state index >= 15 is 0 Å². The van der Waals surface area contributed by atoms with Crippen LogP contribution in [0.1, 0.15) is 11.1 Å². The van der Waals surface area contributed by atoms with Crippen LogP contribution in [-0.4, -0.2) is 57.5 Å². The molecule has 0 amide bonds. The quantitative estimate of drug-likeness (QED) is 0.727. The Hall–Kier alpha value is -1.96. The van der Waals surface area contributed by atoms with Crippen LogP contribution in [0.25, 0.3) is 0 Å². The molecule has 1 saturated heterocycles. The Morgan fingerprint density at radius 2 is 1.70 bits per heavy atom. The fraction of sp³-hybridized carbons (Fsp3) is 0.400. The number of hydrogen-bond donors (Lipinski definition) is 0. The molecule has 3 rings (SSSR count). The van der Waals surface area contributed by atoms with E-state index in [2.05, 4.69) is 11.0 Å². The van der Waals surface area contributed by atoms with Crippen LogP contribution in [0, 0.1) is 5.82 Å². The second-order valence-electron chi connectivity index (χ2n) is 6.72. The average Bonchev–Trinajstić information content (AvgIpc) is 2.68. The van der Waals surface area contributed by atoms with Crippen molar-refractivity contribution >= 4 is 10.0 Å². The summed E-state index contributed by atoms with van der Waals surface area (Å²) in [6, 6.07) is 13.6. The van der Waals surface area contributed by atoms with Gasteiger partial charge in [-0.3, -0.25) is 0 Å². The molecule has 0 aliphatic carbocycles. The van der Waals surface area contributed by atoms with E-state index in [0.717, 1.165) is 18.7 Å². The molecule has 0 saturated carbocycles. The summed E-state index contributed by atoms with van der Waals surface area (Å²) in [7, 11) is -1.72. The smallest absolute Gasteiger partial charge is 0.218 e. The number of hydrogen-bond acceptors (Lipinski definition) is 4. The minimum Gasteiger partial charge on any atom is -0.497 e. The van der Waals surface area contributed by atoms with Crippen LogP contribution in [0.15, 0.2) is 48.5 Å². The molecule has 1 fully saturated rings. The zero-order chi connectivity index (χ0) is 19.3. The van der Waals surface area contributed by atoms with E-state index in [0.29, 0.717) is 31.7 Å². The molecular weight excluding hydrogens is 367 g/mol. The van der Waals surface area contributed by atoms with Gasteiger partial charge in [-0.1, -0.05) is 24.3 Å². The topological polar surface area (TPSA) is 49.9 Å². The fourth-order valence-electron chi connectivity index (χ4n) is 3.23. The number of benzene rings is 2. The van der Waals surface area contributed by atoms with Crippen LogP contribution in [0.5, 0.6) is 5.75 Å². The molecule has 5 nitrogen and oxygen atoms in total. The highest BCUT2D eigenvalue weighted by Gasteiger charge is 2.26. The zero-order valence-electron chi connectivity index (χ0n) is 15.5. The van der Waals surface area contributed by atoms with E-state index in [9.17, 15) is 12.8 Å². The van der Waals surface area contributed by atoms with E-state index in [4.69, 9.17) is 4.74 Å². The average molecular weight is 392 g/mol. The van der Waals surface area contributed by atoms with Gasteiger partial charge in [0, 0.05) is 32.7 Å². The van der Waals surface area contributed by atoms with Crippen molar-refractivity contribution in [2.75, 3.05) is 39.8 Å². The lowest BCUT2D eigenvalue weighted by molar-refractivity contribution is 0.190. The number of nitrogens with zero attached hydrogens (tertiary/aromatic N) is 2. The molecule has 27 heavy (non-hydrogen) atoms. The third-order valence-electron chi connectivity index (χ3n) is 4.84. The van der Waals surface area contributed by atoms with Crippen LogP contribution in [0.2, 0.25) is 0 Å². The van der Waals surface area contributed by atoms with E-state index in [-0.39, 0.29) is 11.6 Å². The van der Waals surface area contributed by atoms with Crippen LogP contribution in [-0.2, 0) is 22.2 Å². The SMILES string of the molecule is COc1cccc(CCN2CCN(S(=O)(=O)Cc3ccc(F)cc3)CC2)c1. The first-order valence-corrected chi connectivity index (χ1v) is 10.6. The normalized spacial score (nSPS) is 16.4. The molecule has 2 aromatic carbocycles. The Kier molecular flexibility index (Phi) is 6.46. The minimum absolute atomic E-state index is 0.0862. The first-order valence-electron chi connectivity index (χ1n) is 9.04. The van der Waals surface area contributed by atoms with Crippen molar-refractivity contribution in [2.45, 2.75) is 12.2 Å². The standard InChI is InChI=1S/C20H25FN2O3S/c1-26-20-4-2-3-17(15-20)9-10-22-11-13-23(14-12-22)27(24,25)16-18-5-7-19(21)8-6-18/h2-8,15H,9-14,16H2,1H3. The van der Waals surface area contributed by atoms with E-state index in [1.165, 1.54) is 29.8 Å². The molecule has 0 bridgehead atoms. The van der Waals surface area contributed by atoms with Crippen LogP contribution < -0.4 is 4.74 Å². The number of sulfonamides is 1. The molecule has 0 aromatic heterocycles. The summed E-state index contributed by atoms with van der Waals surface area (Å²) >= 11 is 0. The fourth-order valence-corrected chi connectivity index (χ4v) is 4.74. The zero-order valence-corrected chi connectivity index (χ0v) is 16.3. The van der Waals surface area contributed by atoms with Crippen molar-refractivity contribution in [2.24, 2.45) is 0 Å². The third kappa shape index (κ3) is 5.51. The van der Waals surface area contributed by atoms with Crippen molar-refractivity contribution in [3.8, 4) is 5.75 Å². The maximum atomic E-state index is 13.0. The second-order valence-corrected chi connectivity index (χ2v) is 8.69. The van der Waals surface area contributed by atoms with Gasteiger partial charge < -0.3 is 9.64 Å². The summed E-state index contributed by atoms with van der Waals surface area (Å²) in [6.07, 6.45) is 0.902. The largest absolute Gasteiger partial charge is 0.497 e. The van der Waals surface area contributed by atoms with E-state index < -0.39 is 10.0 Å². The molecule has 0 N–H and O–H groups in total. The van der Waals surface area contributed by atoms with Gasteiger partial charge in [0.1, 0.15) is 11.6 Å². The van der Waals surface area contributed by atoms with Gasteiger partial charge in [0.25, 0.3) is 0 Å². The Morgan fingerprint density at radius 1 is 1.00 bits per heavy atom. The summed E-state index contributed by atoms with van der Waals surface area (Å²) in [6.45, 7) is 3.29. The minimum atomic E-state index is -3.38. The predicted molar refractivity (Wildman–Crippen MR) is 104 cm³/mol. The van der Waals surface area contributed by atoms with Gasteiger partial charge in [0.05, 0.1) is 12.9 Å². The maximum absolute atomic E-state index is 13.0. The predicted octanol–water partition coefficient (Wildman–Crippen LogP) is 2.52. The molecule has 2 aromatic rings. The summed E-state index contributed by atoms with van der Waals surface area (Å²) in [5.41, 5.74) is 1.82. The molecular formula is C20H25FN2O3S. The van der Waals surface area contributed by atoms with Gasteiger partial charge in [-0.05, 0) is 41.8 Å². The first kappa shape index (κ1) is 19.8. The molecule has 1 aliphatic rings. The summed E-state index contributed by atoms with van der Waals surface area (Å²) < 4.78 is 45.0. The van der Waals surface area contributed by atoms with Gasteiger partial charge in [-0.2, -0.15) is 4.31 Å². The number of halogens is 1. The van der Waals surface area contributed by atoms with E-state index in [1.54, 1.807) is 11.4 Å². The lowest BCUT2D eigenvalue weighted by Crippen LogP contribution is -2.49.